The second kappa shape index (κ2) is 7.55. The molecule has 38 heavy (non-hydrogen) atoms. The van der Waals surface area contributed by atoms with Crippen molar-refractivity contribution < 1.29 is 31.3 Å². The van der Waals surface area contributed by atoms with Crippen LogP contribution in [0.1, 0.15) is 55.8 Å². The maximum absolute atomic E-state index is 15.1. The van der Waals surface area contributed by atoms with Crippen LogP contribution in [0.4, 0.5) is 33.7 Å². The highest BCUT2D eigenvalue weighted by molar-refractivity contribution is 5.91. The molecule has 3 aromatic rings. The quantitative estimate of drug-likeness (QED) is 0.434. The van der Waals surface area contributed by atoms with E-state index in [4.69, 9.17) is 10.3 Å². The molecule has 1 aromatic carbocycles. The van der Waals surface area contributed by atoms with Crippen molar-refractivity contribution in [3.8, 4) is 17.3 Å². The Morgan fingerprint density at radius 3 is 2.53 bits per heavy atom. The van der Waals surface area contributed by atoms with Crippen molar-refractivity contribution in [2.75, 3.05) is 11.1 Å². The number of aromatic nitrogens is 3. The van der Waals surface area contributed by atoms with Crippen molar-refractivity contribution in [3.05, 3.63) is 46.7 Å². The van der Waals surface area contributed by atoms with E-state index < -0.39 is 41.0 Å². The number of halogens is 5. The van der Waals surface area contributed by atoms with Crippen molar-refractivity contribution in [1.82, 2.24) is 14.9 Å². The fourth-order valence-electron chi connectivity index (χ4n) is 5.74. The summed E-state index contributed by atoms with van der Waals surface area (Å²) in [4.78, 5) is 12.5. The summed E-state index contributed by atoms with van der Waals surface area (Å²) in [6.07, 6.45) is -3.46. The number of rotatable bonds is 6. The lowest BCUT2D eigenvalue weighted by Crippen LogP contribution is -2.70. The molecule has 0 saturated heterocycles. The molecule has 198 valence electrons. The number of benzene rings is 1. The van der Waals surface area contributed by atoms with Crippen molar-refractivity contribution in [3.63, 3.8) is 0 Å². The van der Waals surface area contributed by atoms with Crippen LogP contribution >= 0.6 is 0 Å². The van der Waals surface area contributed by atoms with Crippen molar-refractivity contribution in [1.29, 1.82) is 5.26 Å². The number of nitrogens with two attached hydrogens (primary N) is 1. The van der Waals surface area contributed by atoms with Crippen LogP contribution in [0.3, 0.4) is 0 Å². The average Bonchev–Trinajstić information content (AvgIpc) is 3.20. The molecule has 0 unspecified atom stereocenters. The summed E-state index contributed by atoms with van der Waals surface area (Å²) in [5.74, 6) is -3.32. The molecule has 8 nitrogen and oxygen atoms in total. The Balaban J connectivity index is 1.16. The van der Waals surface area contributed by atoms with Crippen LogP contribution in [-0.4, -0.2) is 27.0 Å². The SMILES string of the molecule is CC1(n2nc(-c3ccc(CC(=O)Nc4cc(C56CC(C(F)(F)F)(C5)C6)no4)c(F)c3F)c(C#N)c2N)CC1. The molecular formula is C25H21F5N6O2. The van der Waals surface area contributed by atoms with Crippen molar-refractivity contribution in [2.24, 2.45) is 5.41 Å². The summed E-state index contributed by atoms with van der Waals surface area (Å²) in [5, 5.41) is 20.0. The molecule has 4 aliphatic rings. The average molecular weight is 532 g/mol. The van der Waals surface area contributed by atoms with Gasteiger partial charge in [0.05, 0.1) is 23.1 Å². The highest BCUT2D eigenvalue weighted by Gasteiger charge is 2.79. The first-order valence-corrected chi connectivity index (χ1v) is 11.9. The minimum atomic E-state index is -4.26. The van der Waals surface area contributed by atoms with E-state index in [1.54, 1.807) is 0 Å². The maximum atomic E-state index is 15.1. The molecule has 3 N–H and O–H groups in total. The summed E-state index contributed by atoms with van der Waals surface area (Å²) in [5.41, 5.74) is 2.98. The third kappa shape index (κ3) is 3.35. The van der Waals surface area contributed by atoms with Gasteiger partial charge in [0.1, 0.15) is 23.1 Å². The van der Waals surface area contributed by atoms with E-state index in [0.29, 0.717) is 5.69 Å². The monoisotopic (exact) mass is 532 g/mol. The van der Waals surface area contributed by atoms with Gasteiger partial charge < -0.3 is 10.3 Å². The van der Waals surface area contributed by atoms with Gasteiger partial charge in [-0.05, 0) is 45.1 Å². The van der Waals surface area contributed by atoms with Gasteiger partial charge in [0.2, 0.25) is 11.8 Å². The van der Waals surface area contributed by atoms with E-state index in [1.807, 2.05) is 13.0 Å². The van der Waals surface area contributed by atoms with Gasteiger partial charge in [-0.15, -0.1) is 0 Å². The number of amides is 1. The van der Waals surface area contributed by atoms with E-state index >= 15 is 4.39 Å². The maximum Gasteiger partial charge on any atom is 0.394 e. The number of carbonyl (C=O) groups is 1. The first kappa shape index (κ1) is 24.4. The molecule has 0 atom stereocenters. The second-order valence-corrected chi connectivity index (χ2v) is 10.9. The molecule has 13 heteroatoms. The molecule has 2 bridgehead atoms. The zero-order valence-corrected chi connectivity index (χ0v) is 20.0. The molecule has 0 radical (unpaired) electrons. The van der Waals surface area contributed by atoms with Gasteiger partial charge in [-0.1, -0.05) is 11.2 Å². The van der Waals surface area contributed by atoms with Gasteiger partial charge in [-0.25, -0.2) is 13.5 Å². The Morgan fingerprint density at radius 1 is 1.24 bits per heavy atom. The van der Waals surface area contributed by atoms with Gasteiger partial charge >= 0.3 is 6.18 Å². The number of nitrogens with zero attached hydrogens (tertiary/aromatic N) is 4. The number of anilines is 2. The number of nitrogens with one attached hydrogen (secondary N) is 1. The van der Waals surface area contributed by atoms with E-state index in [0.717, 1.165) is 12.8 Å². The molecule has 2 heterocycles. The van der Waals surface area contributed by atoms with E-state index in [1.165, 1.54) is 22.9 Å². The van der Waals surface area contributed by atoms with E-state index in [2.05, 4.69) is 15.6 Å². The van der Waals surface area contributed by atoms with Crippen LogP contribution in [0.15, 0.2) is 22.7 Å². The lowest BCUT2D eigenvalue weighted by molar-refractivity contribution is -0.338. The van der Waals surface area contributed by atoms with Crippen LogP contribution in [0.25, 0.3) is 11.3 Å². The number of nitrogen functional groups attached to an aromatic ring is 1. The number of alkyl halides is 3. The zero-order valence-electron chi connectivity index (χ0n) is 20.0. The molecule has 0 aliphatic heterocycles. The normalized spacial score (nSPS) is 24.8. The van der Waals surface area contributed by atoms with Crippen LogP contribution in [0.2, 0.25) is 0 Å². The molecule has 1 amide bonds. The number of hydrogen-bond acceptors (Lipinski definition) is 6. The largest absolute Gasteiger partial charge is 0.394 e. The highest BCUT2D eigenvalue weighted by Crippen LogP contribution is 2.78. The van der Waals surface area contributed by atoms with Crippen LogP contribution in [-0.2, 0) is 22.2 Å². The fraction of sp³-hybridized carbons (Fsp3) is 0.440. The summed E-state index contributed by atoms with van der Waals surface area (Å²) >= 11 is 0. The molecular weight excluding hydrogens is 511 g/mol. The number of hydrogen-bond donors (Lipinski definition) is 2. The fourth-order valence-corrected chi connectivity index (χ4v) is 5.74. The predicted octanol–water partition coefficient (Wildman–Crippen LogP) is 4.94. The molecule has 7 rings (SSSR count). The smallest absolute Gasteiger partial charge is 0.383 e. The molecule has 4 fully saturated rings. The lowest BCUT2D eigenvalue weighted by Gasteiger charge is -2.69. The van der Waals surface area contributed by atoms with Gasteiger partial charge in [0.15, 0.2) is 11.6 Å². The van der Waals surface area contributed by atoms with Crippen LogP contribution in [0, 0.1) is 28.4 Å². The molecule has 0 spiro atoms. The summed E-state index contributed by atoms with van der Waals surface area (Å²) in [7, 11) is 0. The van der Waals surface area contributed by atoms with Gasteiger partial charge in [0, 0.05) is 22.6 Å². The second-order valence-electron chi connectivity index (χ2n) is 10.9. The Hall–Kier alpha value is -3.95. The van der Waals surface area contributed by atoms with Crippen LogP contribution in [0.5, 0.6) is 0 Å². The van der Waals surface area contributed by atoms with Crippen molar-refractivity contribution >= 4 is 17.6 Å². The zero-order chi connectivity index (χ0) is 27.3. The Bertz CT molecular complexity index is 1520. The third-order valence-electron chi connectivity index (χ3n) is 8.23. The first-order chi connectivity index (χ1) is 17.8. The van der Waals surface area contributed by atoms with Crippen LogP contribution < -0.4 is 11.1 Å². The van der Waals surface area contributed by atoms with E-state index in [9.17, 15) is 27.6 Å². The first-order valence-electron chi connectivity index (χ1n) is 11.9. The predicted molar refractivity (Wildman–Crippen MR) is 122 cm³/mol. The Labute approximate surface area is 212 Å². The standard InChI is InChI=1S/C25H21F5N6O2/c1-22(4-5-22)36-21(32)14(8-31)20(34-36)13-3-2-12(18(26)19(13)27)6-16(37)33-17-7-15(35-38-17)23-9-24(10-23,11-23)25(28,29)30/h2-3,7H,4-6,9-11,32H2,1H3,(H,33,37). The van der Waals surface area contributed by atoms with Gasteiger partial charge in [0.25, 0.3) is 0 Å². The highest BCUT2D eigenvalue weighted by atomic mass is 19.4. The van der Waals surface area contributed by atoms with E-state index in [-0.39, 0.29) is 58.9 Å². The third-order valence-corrected chi connectivity index (χ3v) is 8.23. The minimum Gasteiger partial charge on any atom is -0.383 e. The number of carbonyl (C=O) groups excluding carboxylic acids is 1. The number of nitriles is 1. The summed E-state index contributed by atoms with van der Waals surface area (Å²) in [6, 6.07) is 5.71. The Morgan fingerprint density at radius 2 is 1.92 bits per heavy atom. The topological polar surface area (TPSA) is 123 Å². The Kier molecular flexibility index (Phi) is 4.85. The van der Waals surface area contributed by atoms with Crippen molar-refractivity contribution in [2.45, 2.75) is 62.6 Å². The molecule has 2 aromatic heterocycles. The minimum absolute atomic E-state index is 0.0621. The van der Waals surface area contributed by atoms with Gasteiger partial charge in [-0.3, -0.25) is 10.1 Å². The molecule has 4 saturated carbocycles. The summed E-state index contributed by atoms with van der Waals surface area (Å²) < 4.78 is 75.8. The lowest BCUT2D eigenvalue weighted by atomic mass is 9.34. The van der Waals surface area contributed by atoms with Gasteiger partial charge in [-0.2, -0.15) is 23.5 Å². The molecule has 4 aliphatic carbocycles. The summed E-state index contributed by atoms with van der Waals surface area (Å²) in [6.45, 7) is 1.89.